The summed E-state index contributed by atoms with van der Waals surface area (Å²) in [4.78, 5) is 26.9. The van der Waals surface area contributed by atoms with Gasteiger partial charge in [0, 0.05) is 5.38 Å². The Morgan fingerprint density at radius 1 is 1.36 bits per heavy atom. The molecule has 1 aromatic carbocycles. The van der Waals surface area contributed by atoms with Crippen LogP contribution in [0.25, 0.3) is 0 Å². The van der Waals surface area contributed by atoms with E-state index in [9.17, 15) is 14.0 Å². The van der Waals surface area contributed by atoms with Crippen molar-refractivity contribution in [1.82, 2.24) is 10.3 Å². The number of carbonyl (C=O) groups excluding carboxylic acids is 1. The van der Waals surface area contributed by atoms with Gasteiger partial charge in [-0.2, -0.15) is 0 Å². The third-order valence-corrected chi connectivity index (χ3v) is 4.03. The van der Waals surface area contributed by atoms with Crippen LogP contribution in [0.5, 0.6) is 0 Å². The van der Waals surface area contributed by atoms with Crippen LogP contribution in [0.2, 0.25) is 0 Å². The average Bonchev–Trinajstić information content (AvgIpc) is 2.97. The van der Waals surface area contributed by atoms with E-state index in [1.54, 1.807) is 12.1 Å². The van der Waals surface area contributed by atoms with Crippen molar-refractivity contribution in [3.8, 4) is 0 Å². The highest BCUT2D eigenvalue weighted by molar-refractivity contribution is 7.09. The monoisotopic (exact) mass is 322 g/mol. The minimum absolute atomic E-state index is 0.0279. The molecular formula is C15H15FN2O3S. The summed E-state index contributed by atoms with van der Waals surface area (Å²) in [6.07, 6.45) is 0.579. The summed E-state index contributed by atoms with van der Waals surface area (Å²) in [6, 6.07) is 5.83. The van der Waals surface area contributed by atoms with Crippen molar-refractivity contribution < 1.29 is 19.1 Å². The number of rotatable bonds is 6. The number of hydrogen-bond acceptors (Lipinski definition) is 4. The summed E-state index contributed by atoms with van der Waals surface area (Å²) in [5.41, 5.74) is 0.714. The summed E-state index contributed by atoms with van der Waals surface area (Å²) in [5, 5.41) is 13.5. The Kier molecular flexibility index (Phi) is 5.21. The minimum atomic E-state index is -1.09. The number of aromatic nitrogens is 1. The maximum Gasteiger partial charge on any atom is 0.355 e. The topological polar surface area (TPSA) is 79.3 Å². The summed E-state index contributed by atoms with van der Waals surface area (Å²) in [7, 11) is 0. The highest BCUT2D eigenvalue weighted by Crippen LogP contribution is 2.20. The molecule has 1 atom stereocenters. The number of aromatic carboxylic acids is 1. The predicted molar refractivity (Wildman–Crippen MR) is 80.4 cm³/mol. The molecule has 0 fully saturated rings. The van der Waals surface area contributed by atoms with Crippen LogP contribution >= 0.6 is 11.3 Å². The van der Waals surface area contributed by atoms with Gasteiger partial charge in [0.2, 0.25) is 5.91 Å². The highest BCUT2D eigenvalue weighted by Gasteiger charge is 2.19. The van der Waals surface area contributed by atoms with E-state index in [1.165, 1.54) is 28.8 Å². The van der Waals surface area contributed by atoms with Gasteiger partial charge in [-0.25, -0.2) is 14.2 Å². The third kappa shape index (κ3) is 3.88. The van der Waals surface area contributed by atoms with Crippen LogP contribution in [-0.2, 0) is 11.3 Å². The number of nitrogens with zero attached hydrogens (tertiary/aromatic N) is 1. The molecule has 2 rings (SSSR count). The molecule has 0 saturated heterocycles. The lowest BCUT2D eigenvalue weighted by atomic mass is 9.95. The lowest BCUT2D eigenvalue weighted by molar-refractivity contribution is -0.122. The van der Waals surface area contributed by atoms with E-state index >= 15 is 0 Å². The zero-order valence-corrected chi connectivity index (χ0v) is 12.7. The van der Waals surface area contributed by atoms with Crippen molar-refractivity contribution in [2.24, 2.45) is 0 Å². The first-order valence-electron chi connectivity index (χ1n) is 6.72. The normalized spacial score (nSPS) is 11.9. The van der Waals surface area contributed by atoms with Gasteiger partial charge in [-0.3, -0.25) is 4.79 Å². The Hall–Kier alpha value is -2.28. The molecule has 2 aromatic rings. The molecule has 2 N–H and O–H groups in total. The summed E-state index contributed by atoms with van der Waals surface area (Å²) in [5.74, 6) is -2.00. The molecule has 0 aliphatic rings. The maximum absolute atomic E-state index is 12.9. The summed E-state index contributed by atoms with van der Waals surface area (Å²) >= 11 is 1.18. The van der Waals surface area contributed by atoms with Crippen molar-refractivity contribution in [2.45, 2.75) is 25.8 Å². The first kappa shape index (κ1) is 16.1. The molecule has 0 bridgehead atoms. The van der Waals surface area contributed by atoms with Crippen LogP contribution in [-0.4, -0.2) is 22.0 Å². The molecular weight excluding hydrogens is 307 g/mol. The average molecular weight is 322 g/mol. The van der Waals surface area contributed by atoms with Crippen LogP contribution in [0.1, 0.15) is 40.3 Å². The van der Waals surface area contributed by atoms with E-state index in [0.29, 0.717) is 11.4 Å². The van der Waals surface area contributed by atoms with E-state index in [4.69, 9.17) is 5.11 Å². The minimum Gasteiger partial charge on any atom is -0.476 e. The van der Waals surface area contributed by atoms with E-state index in [-0.39, 0.29) is 29.9 Å². The van der Waals surface area contributed by atoms with E-state index in [0.717, 1.165) is 5.56 Å². The van der Waals surface area contributed by atoms with Gasteiger partial charge in [-0.1, -0.05) is 19.1 Å². The first-order valence-corrected chi connectivity index (χ1v) is 7.60. The van der Waals surface area contributed by atoms with Crippen molar-refractivity contribution >= 4 is 23.2 Å². The van der Waals surface area contributed by atoms with Crippen LogP contribution in [0, 0.1) is 5.82 Å². The molecule has 7 heteroatoms. The zero-order chi connectivity index (χ0) is 16.1. The molecule has 1 amide bonds. The van der Waals surface area contributed by atoms with Crippen molar-refractivity contribution in [3.05, 3.63) is 51.7 Å². The van der Waals surface area contributed by atoms with E-state index < -0.39 is 5.97 Å². The lowest BCUT2D eigenvalue weighted by Crippen LogP contribution is -2.28. The van der Waals surface area contributed by atoms with Gasteiger partial charge < -0.3 is 10.4 Å². The molecule has 22 heavy (non-hydrogen) atoms. The number of halogens is 1. The zero-order valence-electron chi connectivity index (χ0n) is 11.9. The molecule has 1 heterocycles. The predicted octanol–water partition coefficient (Wildman–Crippen LogP) is 2.79. The summed E-state index contributed by atoms with van der Waals surface area (Å²) in [6.45, 7) is 2.05. The number of carboxylic acids is 1. The van der Waals surface area contributed by atoms with E-state index in [2.05, 4.69) is 10.3 Å². The maximum atomic E-state index is 12.9. The molecule has 0 aliphatic carbocycles. The van der Waals surface area contributed by atoms with Gasteiger partial charge >= 0.3 is 5.97 Å². The quantitative estimate of drug-likeness (QED) is 0.857. The molecule has 0 radical (unpaired) electrons. The Labute approximate surface area is 130 Å². The number of amides is 1. The molecule has 116 valence electrons. The van der Waals surface area contributed by atoms with Crippen LogP contribution in [0.15, 0.2) is 29.6 Å². The standard InChI is InChI=1S/C15H15FN2O3S/c1-2-11(9-3-5-10(16)6-4-9)14(19)17-7-13-18-12(8-22-13)15(20)21/h3-6,8,11H,2,7H2,1H3,(H,17,19)(H,20,21). The second-order valence-corrected chi connectivity index (χ2v) is 5.60. The third-order valence-electron chi connectivity index (χ3n) is 3.18. The fraction of sp³-hybridized carbons (Fsp3) is 0.267. The fourth-order valence-corrected chi connectivity index (χ4v) is 2.75. The number of hydrogen-bond donors (Lipinski definition) is 2. The molecule has 1 aromatic heterocycles. The highest BCUT2D eigenvalue weighted by atomic mass is 32.1. The number of nitrogens with one attached hydrogen (secondary N) is 1. The molecule has 0 aliphatic heterocycles. The molecule has 5 nitrogen and oxygen atoms in total. The SMILES string of the molecule is CCC(C(=O)NCc1nc(C(=O)O)cs1)c1ccc(F)cc1. The number of benzene rings is 1. The van der Waals surface area contributed by atoms with Gasteiger partial charge in [-0.15, -0.1) is 11.3 Å². The van der Waals surface area contributed by atoms with Crippen molar-refractivity contribution in [1.29, 1.82) is 0 Å². The number of thiazole rings is 1. The van der Waals surface area contributed by atoms with Gasteiger partial charge in [-0.05, 0) is 24.1 Å². The van der Waals surface area contributed by atoms with Gasteiger partial charge in [0.05, 0.1) is 12.5 Å². The van der Waals surface area contributed by atoms with Crippen LogP contribution < -0.4 is 5.32 Å². The second-order valence-electron chi connectivity index (χ2n) is 4.66. The number of carboxylic acid groups (broad SMARTS) is 1. The molecule has 0 spiro atoms. The Morgan fingerprint density at radius 2 is 2.05 bits per heavy atom. The molecule has 0 saturated carbocycles. The van der Waals surface area contributed by atoms with Gasteiger partial charge in [0.25, 0.3) is 0 Å². The smallest absolute Gasteiger partial charge is 0.355 e. The molecule has 1 unspecified atom stereocenters. The van der Waals surface area contributed by atoms with Crippen LogP contribution in [0.4, 0.5) is 4.39 Å². The first-order chi connectivity index (χ1) is 10.5. The van der Waals surface area contributed by atoms with Crippen LogP contribution in [0.3, 0.4) is 0 Å². The fourth-order valence-electron chi connectivity index (χ4n) is 2.04. The van der Waals surface area contributed by atoms with Gasteiger partial charge in [0.1, 0.15) is 10.8 Å². The van der Waals surface area contributed by atoms with Crippen molar-refractivity contribution in [2.75, 3.05) is 0 Å². The van der Waals surface area contributed by atoms with Crippen molar-refractivity contribution in [3.63, 3.8) is 0 Å². The Bertz CT molecular complexity index is 670. The summed E-state index contributed by atoms with van der Waals surface area (Å²) < 4.78 is 12.9. The number of carbonyl (C=O) groups is 2. The lowest BCUT2D eigenvalue weighted by Gasteiger charge is -2.14. The second kappa shape index (κ2) is 7.13. The Balaban J connectivity index is 2.00. The largest absolute Gasteiger partial charge is 0.476 e. The Morgan fingerprint density at radius 3 is 2.59 bits per heavy atom. The van der Waals surface area contributed by atoms with Gasteiger partial charge in [0.15, 0.2) is 5.69 Å². The van der Waals surface area contributed by atoms with E-state index in [1.807, 2.05) is 6.92 Å².